The quantitative estimate of drug-likeness (QED) is 0.0102. The van der Waals surface area contributed by atoms with Crippen LogP contribution in [0.1, 0.15) is 186 Å². The summed E-state index contributed by atoms with van der Waals surface area (Å²) in [6, 6.07) is 36.9. The molecule has 1 unspecified atom stereocenters. The van der Waals surface area contributed by atoms with Crippen molar-refractivity contribution < 1.29 is 182 Å². The summed E-state index contributed by atoms with van der Waals surface area (Å²) >= 11 is 0. The van der Waals surface area contributed by atoms with Gasteiger partial charge in [0.15, 0.2) is 35.0 Å². The van der Waals surface area contributed by atoms with E-state index in [1.807, 2.05) is 48.5 Å². The fourth-order valence-electron chi connectivity index (χ4n) is 18.2. The van der Waals surface area contributed by atoms with Crippen LogP contribution in [0.2, 0.25) is 0 Å². The van der Waals surface area contributed by atoms with Gasteiger partial charge in [0.25, 0.3) is 17.1 Å². The minimum atomic E-state index is -1.47. The van der Waals surface area contributed by atoms with Crippen LogP contribution >= 0.6 is 0 Å². The van der Waals surface area contributed by atoms with Gasteiger partial charge in [-0.25, -0.2) is 28.8 Å². The third kappa shape index (κ3) is 20.3. The number of hydrogen-bond donors (Lipinski definition) is 4. The van der Waals surface area contributed by atoms with Crippen LogP contribution in [0.5, 0.6) is 0 Å². The summed E-state index contributed by atoms with van der Waals surface area (Å²) < 4.78 is 15.0. The van der Waals surface area contributed by atoms with Crippen LogP contribution in [0.15, 0.2) is 187 Å². The van der Waals surface area contributed by atoms with Crippen molar-refractivity contribution >= 4 is 141 Å². The van der Waals surface area contributed by atoms with E-state index in [1.54, 1.807) is 91.9 Å². The van der Waals surface area contributed by atoms with E-state index >= 15 is 0 Å². The fraction of sp³-hybridized carbons (Fsp3) is 0.326. The minimum absolute atomic E-state index is 0. The predicted octanol–water partition coefficient (Wildman–Crippen LogP) is 4.90. The number of fused-ring (bicyclic) bond motifs is 4. The van der Waals surface area contributed by atoms with E-state index in [2.05, 4.69) is 0 Å². The standard InChI is InChI=1S/C26H24N2O7.C25H22N2O8.C18H18N2O7.C18H19NO5.C8H9BO3.K/c1-13(2)20-22-14(3)21(17-7-5-16(6-8-17)15(4)29)23(27(22)24(20)30)26(32)35-25(31)18-9-11-19(12-10-18)28(33)34;1-12-19(16-6-4-15(5-7-16)13(2)28)22(26-21(12)20(14(3)29)23(26)30)25(32)35-24(31)17-8-10-18(11-9-17)27(33)34;1-8(2)12-13-9(3)15(21)14(19(13)16(12)22)18(24)27-17(23)10-4-6-11(7-5-10)20(25)26;1-8-13(12-6-4-11(5-7-12)9(2)20)16(18(23)24)19-15(8)14(10(3)21)17(19)22;1-6(10)7-2-4-8(5-3-7)9(11)12;/h5-14,20,22H,1-4H3;4-12,14,20-21,29H,1-3H3;4-9,12-14H,1-3H3;4-8,10,14-15,21H,1-3H3,(H,23,24);2-5,11-12H,1H3;/q;;;;;+1/p-1/t14-,20+,22+;12-,14+,20+,21+;9-,12-,13-,14?;8-,10+,14+,15+;;/m0010../s1. The summed E-state index contributed by atoms with van der Waals surface area (Å²) in [4.78, 5) is 232. The zero-order valence-corrected chi connectivity index (χ0v) is 78.2. The third-order valence-corrected chi connectivity index (χ3v) is 24.9. The van der Waals surface area contributed by atoms with Crippen molar-refractivity contribution in [2.75, 3.05) is 0 Å². The number of aliphatic carboxylic acids is 1. The second-order valence-corrected chi connectivity index (χ2v) is 33.9. The Balaban J connectivity index is 0.000000179. The van der Waals surface area contributed by atoms with E-state index in [9.17, 15) is 122 Å². The molecule has 8 heterocycles. The normalized spacial score (nSPS) is 22.2. The van der Waals surface area contributed by atoms with E-state index in [1.165, 1.54) is 97.5 Å². The molecule has 134 heavy (non-hydrogen) atoms. The Morgan fingerprint density at radius 3 is 0.896 bits per heavy atom. The van der Waals surface area contributed by atoms with Gasteiger partial charge in [-0.1, -0.05) is 152 Å². The molecule has 0 saturated carbocycles. The number of nitro groups is 3. The maximum atomic E-state index is 13.3. The number of aliphatic hydroxyl groups is 2. The Bertz CT molecular complexity index is 5890. The second kappa shape index (κ2) is 41.8. The van der Waals surface area contributed by atoms with Gasteiger partial charge in [0.05, 0.1) is 103 Å². The van der Waals surface area contributed by atoms with Crippen LogP contribution in [-0.4, -0.2) is 198 Å². The van der Waals surface area contributed by atoms with E-state index < -0.39 is 123 Å². The number of carboxylic acids is 1. The number of rotatable bonds is 22. The molecule has 0 bridgehead atoms. The van der Waals surface area contributed by atoms with Crippen molar-refractivity contribution in [1.29, 1.82) is 0 Å². The number of carboxylic acid groups (broad SMARTS) is 1. The summed E-state index contributed by atoms with van der Waals surface area (Å²) in [7, 11) is -1.47. The molecule has 4 amide bonds. The van der Waals surface area contributed by atoms with Gasteiger partial charge in [-0.15, -0.1) is 0 Å². The number of non-ortho nitro benzene ring substituents is 3. The molecule has 15 atom stereocenters. The van der Waals surface area contributed by atoms with Gasteiger partial charge in [0.2, 0.25) is 23.6 Å². The molecule has 15 rings (SSSR count). The minimum Gasteiger partial charge on any atom is -0.543 e. The number of aliphatic hydroxyl groups excluding tert-OH is 2. The SMILES string of the molecule is CC(=O)c1ccc(B(O)O)cc1.CC(=O)c1ccc(C2=C(C(=O)OC(=O)c3ccc([N+](=O)[O-])cc3)N3C(=O)[C@H](C(C)C)[C@H]3[C@H]2C)cc1.CC(=O)c1ccc(C2=C(C(=O)OC(=O)c3ccc([N+](=O)[O-])cc3)N3C(=O)[C@H]([C@@H](C)O)[C@H]3[C@H]2C)cc1.CC(=O)c1ccc(C2=C(C(=O)[O-])N3C(=O)[C@H]([C@@H](C)O)[C@H]3[C@H]2C)cc1.CC(C)[C@H]1C(=O)N2C(C(=O)OC(=O)c3ccc([N+](=O)[O-])cc3)C(=O)[C@H](C)[C@H]12.[K+]. The Kier molecular flexibility index (Phi) is 32.1. The van der Waals surface area contributed by atoms with Gasteiger partial charge in [-0.05, 0) is 129 Å². The summed E-state index contributed by atoms with van der Waals surface area (Å²) in [6.45, 7) is 23.7. The van der Waals surface area contributed by atoms with Crippen LogP contribution in [0, 0.1) is 89.5 Å². The number of nitro benzene ring substituents is 3. The van der Waals surface area contributed by atoms with Crippen LogP contribution in [0.3, 0.4) is 0 Å². The first-order valence-corrected chi connectivity index (χ1v) is 42.0. The van der Waals surface area contributed by atoms with E-state index in [0.717, 1.165) is 48.5 Å². The van der Waals surface area contributed by atoms with Crippen LogP contribution in [0.4, 0.5) is 17.1 Å². The monoisotopic (exact) mass is 1860 g/mol. The molecule has 7 aromatic carbocycles. The number of amides is 4. The van der Waals surface area contributed by atoms with E-state index in [4.69, 9.17) is 24.3 Å². The van der Waals surface area contributed by atoms with Crippen LogP contribution in [0.25, 0.3) is 16.7 Å². The molecular weight excluding hydrogens is 1770 g/mol. The number of benzene rings is 7. The van der Waals surface area contributed by atoms with Crippen LogP contribution < -0.4 is 62.0 Å². The maximum absolute atomic E-state index is 13.3. The molecular formula is C95H91BKN7O30. The molecule has 37 nitrogen and oxygen atoms in total. The number of ether oxygens (including phenoxy) is 3. The molecule has 5 saturated heterocycles. The smallest absolute Gasteiger partial charge is 0.543 e. The molecule has 0 aromatic heterocycles. The topological polar surface area (TPSA) is 547 Å². The second-order valence-electron chi connectivity index (χ2n) is 33.9. The van der Waals surface area contributed by atoms with Crippen molar-refractivity contribution in [3.63, 3.8) is 0 Å². The zero-order valence-electron chi connectivity index (χ0n) is 75.1. The Hall–Kier alpha value is -13.4. The largest absolute Gasteiger partial charge is 1.00 e. The number of carbonyl (C=O) groups excluding carboxylic acids is 16. The van der Waals surface area contributed by atoms with Crippen molar-refractivity contribution in [1.82, 2.24) is 19.6 Å². The molecule has 39 heteroatoms. The zero-order chi connectivity index (χ0) is 98.1. The number of Topliss-reactive ketones (excluding diaryl/α,β-unsaturated/α-hetero) is 5. The molecule has 0 spiro atoms. The molecule has 0 radical (unpaired) electrons. The number of β-lactam (4-membered cyclic amide) rings is 4. The summed E-state index contributed by atoms with van der Waals surface area (Å²) in [5.41, 5.74) is 4.82. The van der Waals surface area contributed by atoms with E-state index in [0.29, 0.717) is 61.1 Å². The number of esters is 6. The average molecular weight is 1860 g/mol. The van der Waals surface area contributed by atoms with Gasteiger partial charge in [-0.3, -0.25) is 73.5 Å². The maximum Gasteiger partial charge on any atom is 1.00 e. The summed E-state index contributed by atoms with van der Waals surface area (Å²) in [5.74, 6) is -12.9. The number of nitrogens with zero attached hydrogens (tertiary/aromatic N) is 7. The Morgan fingerprint density at radius 2 is 0.619 bits per heavy atom. The predicted molar refractivity (Wildman–Crippen MR) is 467 cm³/mol. The van der Waals surface area contributed by atoms with Crippen molar-refractivity contribution in [2.45, 2.75) is 139 Å². The van der Waals surface area contributed by atoms with Gasteiger partial charge < -0.3 is 64.0 Å². The molecule has 8 aliphatic rings. The van der Waals surface area contributed by atoms with Gasteiger partial charge in [0, 0.05) is 82.3 Å². The van der Waals surface area contributed by atoms with Crippen molar-refractivity contribution in [3.05, 3.63) is 273 Å². The number of hydrogen-bond acceptors (Lipinski definition) is 30. The average Bonchev–Trinajstić information content (AvgIpc) is 1.71. The first-order valence-electron chi connectivity index (χ1n) is 42.0. The van der Waals surface area contributed by atoms with Crippen LogP contribution in [-0.2, 0) is 57.4 Å². The van der Waals surface area contributed by atoms with Gasteiger partial charge >= 0.3 is 94.3 Å². The number of carbonyl (C=O) groups is 16. The van der Waals surface area contributed by atoms with Crippen molar-refractivity contribution in [3.8, 4) is 0 Å². The van der Waals surface area contributed by atoms with Crippen molar-refractivity contribution in [2.24, 2.45) is 59.2 Å². The Labute approximate surface area is 808 Å². The summed E-state index contributed by atoms with van der Waals surface area (Å²) in [6.07, 6.45) is -1.78. The van der Waals surface area contributed by atoms with Gasteiger partial charge in [0.1, 0.15) is 11.4 Å². The van der Waals surface area contributed by atoms with Gasteiger partial charge in [-0.2, -0.15) is 0 Å². The molecule has 4 N–H and O–H groups in total. The fourth-order valence-corrected chi connectivity index (χ4v) is 18.2. The molecule has 5 fully saturated rings. The Morgan fingerprint density at radius 1 is 0.358 bits per heavy atom. The first kappa shape index (κ1) is 103. The molecule has 8 aliphatic heterocycles. The van der Waals surface area contributed by atoms with E-state index in [-0.39, 0.29) is 197 Å². The summed E-state index contributed by atoms with van der Waals surface area (Å²) in [5, 5.41) is 81.3. The number of ketones is 5. The molecule has 7 aromatic rings. The first-order chi connectivity index (χ1) is 62.6. The third-order valence-electron chi connectivity index (χ3n) is 24.9. The molecule has 690 valence electrons. The molecule has 0 aliphatic carbocycles.